The molecule has 0 amide bonds. The third kappa shape index (κ3) is 2.93. The van der Waals surface area contributed by atoms with E-state index in [4.69, 9.17) is 4.74 Å². The number of hydrogen-bond acceptors (Lipinski definition) is 3. The highest BCUT2D eigenvalue weighted by Crippen LogP contribution is 2.14. The first-order chi connectivity index (χ1) is 5.70. The molecule has 0 saturated carbocycles. The van der Waals surface area contributed by atoms with Crippen LogP contribution in [0.3, 0.4) is 0 Å². The lowest BCUT2D eigenvalue weighted by Gasteiger charge is -2.17. The molecule has 1 saturated heterocycles. The molecule has 1 aliphatic rings. The minimum Gasteiger partial charge on any atom is -0.375 e. The van der Waals surface area contributed by atoms with Crippen molar-refractivity contribution in [2.24, 2.45) is 0 Å². The SMILES string of the molecule is C=C(C)COC[C@@H]1CCCN1O. The Labute approximate surface area is 73.6 Å². The second kappa shape index (κ2) is 4.60. The van der Waals surface area contributed by atoms with E-state index in [1.165, 1.54) is 5.06 Å². The molecule has 0 aromatic heterocycles. The Balaban J connectivity index is 2.10. The highest BCUT2D eigenvalue weighted by molar-refractivity contribution is 4.87. The van der Waals surface area contributed by atoms with Crippen molar-refractivity contribution in [2.75, 3.05) is 19.8 Å². The summed E-state index contributed by atoms with van der Waals surface area (Å²) in [5, 5.41) is 10.7. The van der Waals surface area contributed by atoms with Gasteiger partial charge in [0.15, 0.2) is 0 Å². The fourth-order valence-electron chi connectivity index (χ4n) is 1.36. The molecule has 0 aromatic rings. The largest absolute Gasteiger partial charge is 0.375 e. The Hall–Kier alpha value is -0.380. The van der Waals surface area contributed by atoms with Crippen LogP contribution >= 0.6 is 0 Å². The predicted octanol–water partition coefficient (Wildman–Crippen LogP) is 1.43. The average molecular weight is 171 g/mol. The maximum Gasteiger partial charge on any atom is 0.0672 e. The number of hydroxylamine groups is 2. The normalized spacial score (nSPS) is 24.7. The first-order valence-corrected chi connectivity index (χ1v) is 4.38. The Morgan fingerprint density at radius 2 is 2.50 bits per heavy atom. The van der Waals surface area contributed by atoms with Gasteiger partial charge in [0.2, 0.25) is 0 Å². The molecule has 1 N–H and O–H groups in total. The fraction of sp³-hybridized carbons (Fsp3) is 0.778. The van der Waals surface area contributed by atoms with Crippen LogP contribution in [0.4, 0.5) is 0 Å². The van der Waals surface area contributed by atoms with Gasteiger partial charge in [0.25, 0.3) is 0 Å². The third-order valence-corrected chi connectivity index (χ3v) is 2.00. The molecule has 0 spiro atoms. The number of ether oxygens (including phenoxy) is 1. The Bertz CT molecular complexity index is 159. The Kier molecular flexibility index (Phi) is 3.72. The lowest BCUT2D eigenvalue weighted by molar-refractivity contribution is -0.118. The summed E-state index contributed by atoms with van der Waals surface area (Å²) in [6.07, 6.45) is 2.10. The van der Waals surface area contributed by atoms with Crippen molar-refractivity contribution in [3.8, 4) is 0 Å². The van der Waals surface area contributed by atoms with Crippen LogP contribution in [0, 0.1) is 0 Å². The summed E-state index contributed by atoms with van der Waals surface area (Å²) in [6, 6.07) is 0.198. The van der Waals surface area contributed by atoms with Crippen LogP contribution < -0.4 is 0 Å². The maximum atomic E-state index is 9.29. The number of nitrogens with zero attached hydrogens (tertiary/aromatic N) is 1. The van der Waals surface area contributed by atoms with Gasteiger partial charge in [-0.2, -0.15) is 5.06 Å². The van der Waals surface area contributed by atoms with Gasteiger partial charge < -0.3 is 9.94 Å². The van der Waals surface area contributed by atoms with Crippen molar-refractivity contribution in [3.63, 3.8) is 0 Å². The number of hydrogen-bond donors (Lipinski definition) is 1. The van der Waals surface area contributed by atoms with E-state index >= 15 is 0 Å². The van der Waals surface area contributed by atoms with Crippen LogP contribution in [0.2, 0.25) is 0 Å². The van der Waals surface area contributed by atoms with Gasteiger partial charge in [-0.1, -0.05) is 12.2 Å². The van der Waals surface area contributed by atoms with Crippen molar-refractivity contribution < 1.29 is 9.94 Å². The second-order valence-electron chi connectivity index (χ2n) is 3.43. The molecule has 0 aliphatic carbocycles. The summed E-state index contributed by atoms with van der Waals surface area (Å²) >= 11 is 0. The Morgan fingerprint density at radius 1 is 1.75 bits per heavy atom. The van der Waals surface area contributed by atoms with Crippen molar-refractivity contribution >= 4 is 0 Å². The van der Waals surface area contributed by atoms with Gasteiger partial charge in [0.05, 0.1) is 19.3 Å². The summed E-state index contributed by atoms with van der Waals surface area (Å²) < 4.78 is 5.35. The van der Waals surface area contributed by atoms with Gasteiger partial charge in [-0.05, 0) is 19.8 Å². The summed E-state index contributed by atoms with van der Waals surface area (Å²) in [7, 11) is 0. The van der Waals surface area contributed by atoms with Crippen LogP contribution in [0.15, 0.2) is 12.2 Å². The van der Waals surface area contributed by atoms with E-state index in [1.807, 2.05) is 6.92 Å². The maximum absolute atomic E-state index is 9.29. The van der Waals surface area contributed by atoms with E-state index < -0.39 is 0 Å². The van der Waals surface area contributed by atoms with Crippen LogP contribution in [-0.4, -0.2) is 36.1 Å². The molecule has 1 rings (SSSR count). The van der Waals surface area contributed by atoms with Crippen LogP contribution in [0.5, 0.6) is 0 Å². The zero-order valence-electron chi connectivity index (χ0n) is 7.62. The highest BCUT2D eigenvalue weighted by atomic mass is 16.5. The van der Waals surface area contributed by atoms with E-state index in [9.17, 15) is 5.21 Å². The van der Waals surface area contributed by atoms with E-state index in [1.54, 1.807) is 0 Å². The predicted molar refractivity (Wildman–Crippen MR) is 47.1 cm³/mol. The van der Waals surface area contributed by atoms with Crippen molar-refractivity contribution in [3.05, 3.63) is 12.2 Å². The molecule has 1 aliphatic heterocycles. The molecular formula is C9H17NO2. The van der Waals surface area contributed by atoms with Crippen molar-refractivity contribution in [2.45, 2.75) is 25.8 Å². The highest BCUT2D eigenvalue weighted by Gasteiger charge is 2.22. The summed E-state index contributed by atoms with van der Waals surface area (Å²) in [5.74, 6) is 0. The zero-order chi connectivity index (χ0) is 8.97. The van der Waals surface area contributed by atoms with Gasteiger partial charge in [-0.15, -0.1) is 0 Å². The summed E-state index contributed by atoms with van der Waals surface area (Å²) in [6.45, 7) is 7.67. The molecule has 1 atom stereocenters. The third-order valence-electron chi connectivity index (χ3n) is 2.00. The zero-order valence-corrected chi connectivity index (χ0v) is 7.62. The number of rotatable bonds is 4. The molecule has 0 radical (unpaired) electrons. The quantitative estimate of drug-likeness (QED) is 0.649. The lowest BCUT2D eigenvalue weighted by Crippen LogP contribution is -2.30. The van der Waals surface area contributed by atoms with Gasteiger partial charge in [0.1, 0.15) is 0 Å². The smallest absolute Gasteiger partial charge is 0.0672 e. The molecule has 0 bridgehead atoms. The fourth-order valence-corrected chi connectivity index (χ4v) is 1.36. The van der Waals surface area contributed by atoms with E-state index in [2.05, 4.69) is 6.58 Å². The van der Waals surface area contributed by atoms with Crippen molar-refractivity contribution in [1.29, 1.82) is 0 Å². The lowest BCUT2D eigenvalue weighted by atomic mass is 10.2. The molecule has 1 fully saturated rings. The first-order valence-electron chi connectivity index (χ1n) is 4.38. The Morgan fingerprint density at radius 3 is 3.00 bits per heavy atom. The van der Waals surface area contributed by atoms with Crippen LogP contribution in [0.25, 0.3) is 0 Å². The molecule has 1 heterocycles. The van der Waals surface area contributed by atoms with Gasteiger partial charge in [-0.25, -0.2) is 0 Å². The van der Waals surface area contributed by atoms with E-state index in [0.29, 0.717) is 13.2 Å². The average Bonchev–Trinajstić information content (AvgIpc) is 2.36. The first kappa shape index (κ1) is 9.71. The second-order valence-corrected chi connectivity index (χ2v) is 3.43. The molecule has 12 heavy (non-hydrogen) atoms. The van der Waals surface area contributed by atoms with E-state index in [-0.39, 0.29) is 6.04 Å². The van der Waals surface area contributed by atoms with Crippen LogP contribution in [-0.2, 0) is 4.74 Å². The summed E-state index contributed by atoms with van der Waals surface area (Å²) in [4.78, 5) is 0. The minimum absolute atomic E-state index is 0.198. The van der Waals surface area contributed by atoms with E-state index in [0.717, 1.165) is 25.0 Å². The monoisotopic (exact) mass is 171 g/mol. The van der Waals surface area contributed by atoms with Gasteiger partial charge in [-0.3, -0.25) is 0 Å². The molecule has 3 nitrogen and oxygen atoms in total. The topological polar surface area (TPSA) is 32.7 Å². The van der Waals surface area contributed by atoms with Gasteiger partial charge >= 0.3 is 0 Å². The summed E-state index contributed by atoms with van der Waals surface area (Å²) in [5.41, 5.74) is 1.03. The van der Waals surface area contributed by atoms with Crippen LogP contribution in [0.1, 0.15) is 19.8 Å². The molecule has 70 valence electrons. The molecule has 0 unspecified atom stereocenters. The molecule has 0 aromatic carbocycles. The standard InChI is InChI=1S/C9H17NO2/c1-8(2)6-12-7-9-4-3-5-10(9)11/h9,11H,1,3-7H2,2H3/t9-/m0/s1. The molecular weight excluding hydrogens is 154 g/mol. The van der Waals surface area contributed by atoms with Crippen molar-refractivity contribution in [1.82, 2.24) is 5.06 Å². The van der Waals surface area contributed by atoms with Gasteiger partial charge in [0, 0.05) is 6.54 Å². The molecule has 3 heteroatoms. The minimum atomic E-state index is 0.198.